The second-order valence-electron chi connectivity index (χ2n) is 4.25. The van der Waals surface area contributed by atoms with Crippen LogP contribution in [0.4, 0.5) is 8.28 Å². The number of halogens is 2. The molecule has 7 heteroatoms. The molecule has 0 aromatic heterocycles. The average Bonchev–Trinajstić information content (AvgIpc) is 2.56. The molecule has 1 aliphatic heterocycles. The summed E-state index contributed by atoms with van der Waals surface area (Å²) in [6, 6.07) is 12.7. The molecule has 21 heavy (non-hydrogen) atoms. The van der Waals surface area contributed by atoms with Crippen molar-refractivity contribution in [1.29, 1.82) is 0 Å². The van der Waals surface area contributed by atoms with Crippen molar-refractivity contribution in [3.05, 3.63) is 65.5 Å². The van der Waals surface area contributed by atoms with Crippen LogP contribution in [0.25, 0.3) is 0 Å². The lowest BCUT2D eigenvalue weighted by molar-refractivity contribution is 0.627. The number of hydrogen-bond acceptors (Lipinski definition) is 5. The fraction of sp³-hybridized carbons (Fsp3) is 0. The van der Waals surface area contributed by atoms with Crippen molar-refractivity contribution in [3.63, 3.8) is 0 Å². The van der Waals surface area contributed by atoms with Gasteiger partial charge in [-0.05, 0) is 48.5 Å². The topological polar surface area (TPSA) is 48.8 Å². The monoisotopic (exact) mass is 304 g/mol. The predicted molar refractivity (Wildman–Crippen MR) is 79.2 cm³/mol. The van der Waals surface area contributed by atoms with Gasteiger partial charge in [-0.2, -0.15) is 14.1 Å². The van der Waals surface area contributed by atoms with E-state index in [9.17, 15) is 8.28 Å². The molecule has 0 bridgehead atoms. The lowest BCUT2D eigenvalue weighted by Crippen LogP contribution is -2.34. The van der Waals surface area contributed by atoms with Crippen molar-refractivity contribution in [3.8, 4) is 0 Å². The van der Waals surface area contributed by atoms with Gasteiger partial charge < -0.3 is 0 Å². The molecular weight excluding hydrogens is 294 g/mol. The number of nitrogens with zero attached hydrogens (tertiary/aromatic N) is 2. The van der Waals surface area contributed by atoms with Gasteiger partial charge in [0.25, 0.3) is 0 Å². The first-order valence-electron chi connectivity index (χ1n) is 6.08. The quantitative estimate of drug-likeness (QED) is 0.916. The van der Waals surface area contributed by atoms with Crippen LogP contribution in [0.2, 0.25) is 0 Å². The molecule has 0 aliphatic carbocycles. The molecule has 106 valence electrons. The van der Waals surface area contributed by atoms with Crippen molar-refractivity contribution in [2.24, 2.45) is 10.2 Å². The fourth-order valence-electron chi connectivity index (χ4n) is 1.80. The van der Waals surface area contributed by atoms with Gasteiger partial charge >= 0.3 is 0 Å². The molecule has 0 radical (unpaired) electrons. The molecule has 0 spiro atoms. The van der Waals surface area contributed by atoms with Crippen LogP contribution in [0, 0.1) is 5.82 Å². The summed E-state index contributed by atoms with van der Waals surface area (Å²) in [6.45, 7) is 0. The van der Waals surface area contributed by atoms with Crippen LogP contribution >= 0.6 is 12.1 Å². The maximum Gasteiger partial charge on any atom is 0.173 e. The standard InChI is InChI=1S/C14H10F2N4S/c15-11-5-1-9(2-6-11)13-17-19-14(20-18-13)10-3-7-12(21-16)8-4-10/h1-8H,(H,17,18)(H,19,20). The van der Waals surface area contributed by atoms with Gasteiger partial charge in [-0.15, -0.1) is 0 Å². The Kier molecular flexibility index (Phi) is 3.83. The lowest BCUT2D eigenvalue weighted by Gasteiger charge is -2.15. The molecule has 0 unspecified atom stereocenters. The molecular formula is C14H10F2N4S. The Morgan fingerprint density at radius 3 is 1.67 bits per heavy atom. The third-order valence-corrected chi connectivity index (χ3v) is 3.33. The van der Waals surface area contributed by atoms with Gasteiger partial charge in [0, 0.05) is 16.0 Å². The van der Waals surface area contributed by atoms with Crippen molar-refractivity contribution < 1.29 is 8.28 Å². The maximum atomic E-state index is 12.9. The molecule has 0 fully saturated rings. The molecule has 0 amide bonds. The summed E-state index contributed by atoms with van der Waals surface area (Å²) in [6.07, 6.45) is 0. The van der Waals surface area contributed by atoms with Crippen molar-refractivity contribution in [2.45, 2.75) is 4.90 Å². The Bertz CT molecular complexity index is 696. The van der Waals surface area contributed by atoms with E-state index in [-0.39, 0.29) is 18.0 Å². The van der Waals surface area contributed by atoms with E-state index in [4.69, 9.17) is 0 Å². The van der Waals surface area contributed by atoms with E-state index < -0.39 is 0 Å². The smallest absolute Gasteiger partial charge is 0.173 e. The molecule has 1 aliphatic rings. The summed E-state index contributed by atoms with van der Waals surface area (Å²) in [5.41, 5.74) is 7.12. The number of hydrazone groups is 2. The minimum Gasteiger partial charge on any atom is -0.257 e. The summed E-state index contributed by atoms with van der Waals surface area (Å²) in [4.78, 5) is 0.527. The van der Waals surface area contributed by atoms with Crippen molar-refractivity contribution in [1.82, 2.24) is 10.9 Å². The first kappa shape index (κ1) is 13.6. The predicted octanol–water partition coefficient (Wildman–Crippen LogP) is 3.02. The zero-order chi connectivity index (χ0) is 14.7. The van der Waals surface area contributed by atoms with E-state index in [1.807, 2.05) is 0 Å². The van der Waals surface area contributed by atoms with Crippen LogP contribution in [0.15, 0.2) is 63.6 Å². The number of amidine groups is 2. The van der Waals surface area contributed by atoms with Crippen LogP contribution in [0.3, 0.4) is 0 Å². The summed E-state index contributed by atoms with van der Waals surface area (Å²) < 4.78 is 25.2. The Morgan fingerprint density at radius 1 is 0.762 bits per heavy atom. The number of benzene rings is 2. The van der Waals surface area contributed by atoms with Crippen LogP contribution in [-0.4, -0.2) is 11.7 Å². The van der Waals surface area contributed by atoms with Gasteiger partial charge in [-0.25, -0.2) is 4.39 Å². The Hall–Kier alpha value is -2.41. The van der Waals surface area contributed by atoms with E-state index in [1.165, 1.54) is 12.1 Å². The Balaban J connectivity index is 1.74. The van der Waals surface area contributed by atoms with Crippen molar-refractivity contribution >= 4 is 23.8 Å². The molecule has 0 atom stereocenters. The third-order valence-electron chi connectivity index (χ3n) is 2.88. The van der Waals surface area contributed by atoms with Crippen LogP contribution in [0.1, 0.15) is 11.1 Å². The van der Waals surface area contributed by atoms with Crippen LogP contribution < -0.4 is 10.9 Å². The highest BCUT2D eigenvalue weighted by Crippen LogP contribution is 2.19. The van der Waals surface area contributed by atoms with E-state index in [2.05, 4.69) is 21.1 Å². The fourth-order valence-corrected chi connectivity index (χ4v) is 2.04. The van der Waals surface area contributed by atoms with Gasteiger partial charge in [0.05, 0.1) is 12.1 Å². The van der Waals surface area contributed by atoms with Gasteiger partial charge in [0.2, 0.25) is 0 Å². The van der Waals surface area contributed by atoms with Crippen LogP contribution in [0.5, 0.6) is 0 Å². The number of hydrogen-bond donors (Lipinski definition) is 2. The second kappa shape index (κ2) is 5.92. The van der Waals surface area contributed by atoms with Gasteiger partial charge in [-0.1, -0.05) is 0 Å². The van der Waals surface area contributed by atoms with E-state index in [1.54, 1.807) is 36.4 Å². The minimum atomic E-state index is -0.307. The molecule has 4 nitrogen and oxygen atoms in total. The SMILES string of the molecule is FSc1ccc(C2=NNC(c3ccc(F)cc3)=NN2)cc1. The maximum absolute atomic E-state index is 12.9. The molecule has 1 heterocycles. The van der Waals surface area contributed by atoms with E-state index in [0.29, 0.717) is 16.6 Å². The largest absolute Gasteiger partial charge is 0.257 e. The van der Waals surface area contributed by atoms with E-state index in [0.717, 1.165) is 11.1 Å². The lowest BCUT2D eigenvalue weighted by atomic mass is 10.2. The Morgan fingerprint density at radius 2 is 1.24 bits per heavy atom. The third kappa shape index (κ3) is 3.03. The van der Waals surface area contributed by atoms with Crippen molar-refractivity contribution in [2.75, 3.05) is 0 Å². The zero-order valence-electron chi connectivity index (χ0n) is 10.7. The first-order chi connectivity index (χ1) is 10.3. The van der Waals surface area contributed by atoms with Gasteiger partial charge in [0.15, 0.2) is 11.7 Å². The van der Waals surface area contributed by atoms with Crippen LogP contribution in [-0.2, 0) is 0 Å². The highest BCUT2D eigenvalue weighted by molar-refractivity contribution is 7.94. The number of rotatable bonds is 3. The molecule has 2 N–H and O–H groups in total. The summed E-state index contributed by atoms with van der Waals surface area (Å²) >= 11 is 0.189. The zero-order valence-corrected chi connectivity index (χ0v) is 11.5. The normalized spacial score (nSPS) is 13.8. The number of nitrogens with one attached hydrogen (secondary N) is 2. The average molecular weight is 304 g/mol. The molecule has 2 aromatic rings. The van der Waals surface area contributed by atoms with Gasteiger partial charge in [0.1, 0.15) is 5.82 Å². The van der Waals surface area contributed by atoms with Gasteiger partial charge in [-0.3, -0.25) is 10.9 Å². The highest BCUT2D eigenvalue weighted by atomic mass is 32.2. The van der Waals surface area contributed by atoms with E-state index >= 15 is 0 Å². The molecule has 0 saturated carbocycles. The molecule has 2 aromatic carbocycles. The highest BCUT2D eigenvalue weighted by Gasteiger charge is 2.11. The summed E-state index contributed by atoms with van der Waals surface area (Å²) in [5.74, 6) is 0.712. The molecule has 3 rings (SSSR count). The minimum absolute atomic E-state index is 0.189. The first-order valence-corrected chi connectivity index (χ1v) is 6.80. The molecule has 0 saturated heterocycles. The second-order valence-corrected chi connectivity index (χ2v) is 4.88. The summed E-state index contributed by atoms with van der Waals surface area (Å²) in [5, 5.41) is 8.32. The summed E-state index contributed by atoms with van der Waals surface area (Å²) in [7, 11) is 0. The Labute approximate surface area is 124 Å².